The predicted molar refractivity (Wildman–Crippen MR) is 88.2 cm³/mol. The second-order valence-corrected chi connectivity index (χ2v) is 5.45. The molecule has 2 aromatic rings. The van der Waals surface area contributed by atoms with Crippen molar-refractivity contribution < 1.29 is 23.2 Å². The lowest BCUT2D eigenvalue weighted by Crippen LogP contribution is -2.37. The second-order valence-electron chi connectivity index (χ2n) is 5.45. The smallest absolute Gasteiger partial charge is 0.320 e. The van der Waals surface area contributed by atoms with Gasteiger partial charge in [0.2, 0.25) is 5.91 Å². The van der Waals surface area contributed by atoms with Crippen LogP contribution in [0.15, 0.2) is 34.9 Å². The van der Waals surface area contributed by atoms with Crippen LogP contribution in [0.3, 0.4) is 0 Å². The van der Waals surface area contributed by atoms with E-state index in [2.05, 4.69) is 10.5 Å². The minimum atomic E-state index is -0.435. The van der Waals surface area contributed by atoms with E-state index in [0.29, 0.717) is 18.1 Å². The quantitative estimate of drug-likeness (QED) is 0.735. The molecule has 0 saturated carbocycles. The summed E-state index contributed by atoms with van der Waals surface area (Å²) in [6.07, 6.45) is 0. The van der Waals surface area contributed by atoms with E-state index >= 15 is 0 Å². The van der Waals surface area contributed by atoms with Gasteiger partial charge in [0, 0.05) is 12.6 Å². The number of esters is 1. The van der Waals surface area contributed by atoms with Crippen LogP contribution < -0.4 is 5.32 Å². The van der Waals surface area contributed by atoms with Crippen LogP contribution in [-0.2, 0) is 20.9 Å². The van der Waals surface area contributed by atoms with Crippen molar-refractivity contribution >= 4 is 17.7 Å². The Hall–Kier alpha value is -2.74. The van der Waals surface area contributed by atoms with E-state index in [1.54, 1.807) is 36.9 Å². The van der Waals surface area contributed by atoms with Gasteiger partial charge in [-0.05, 0) is 31.5 Å². The molecule has 1 heterocycles. The molecule has 1 N–H and O–H groups in total. The lowest BCUT2D eigenvalue weighted by molar-refractivity contribution is -0.144. The number of benzene rings is 1. The van der Waals surface area contributed by atoms with Crippen LogP contribution in [0, 0.1) is 12.7 Å². The first-order valence-electron chi connectivity index (χ1n) is 7.82. The summed E-state index contributed by atoms with van der Waals surface area (Å²) in [5.74, 6) is -0.250. The molecular formula is C17H20FN3O4. The largest absolute Gasteiger partial charge is 0.465 e. The fraction of sp³-hybridized carbons (Fsp3) is 0.353. The molecule has 1 aromatic carbocycles. The van der Waals surface area contributed by atoms with Gasteiger partial charge in [0.15, 0.2) is 5.82 Å². The third-order valence-corrected chi connectivity index (χ3v) is 3.24. The van der Waals surface area contributed by atoms with Crippen molar-refractivity contribution in [3.05, 3.63) is 47.5 Å². The number of rotatable bonds is 8. The molecule has 0 unspecified atom stereocenters. The number of hydrogen-bond acceptors (Lipinski definition) is 6. The van der Waals surface area contributed by atoms with Crippen molar-refractivity contribution in [3.8, 4) is 0 Å². The van der Waals surface area contributed by atoms with Crippen molar-refractivity contribution in [2.45, 2.75) is 20.4 Å². The monoisotopic (exact) mass is 349 g/mol. The number of halogens is 1. The minimum Gasteiger partial charge on any atom is -0.465 e. The molecule has 134 valence electrons. The maximum absolute atomic E-state index is 13.0. The fourth-order valence-electron chi connectivity index (χ4n) is 2.22. The topological polar surface area (TPSA) is 84.7 Å². The van der Waals surface area contributed by atoms with Crippen molar-refractivity contribution in [1.29, 1.82) is 0 Å². The van der Waals surface area contributed by atoms with E-state index in [9.17, 15) is 14.0 Å². The Kier molecular flexibility index (Phi) is 6.64. The summed E-state index contributed by atoms with van der Waals surface area (Å²) in [6, 6.07) is 7.46. The highest BCUT2D eigenvalue weighted by molar-refractivity contribution is 5.91. The summed E-state index contributed by atoms with van der Waals surface area (Å²) in [6.45, 7) is 3.86. The van der Waals surface area contributed by atoms with Crippen LogP contribution in [0.5, 0.6) is 0 Å². The fourth-order valence-corrected chi connectivity index (χ4v) is 2.22. The van der Waals surface area contributed by atoms with E-state index < -0.39 is 5.97 Å². The molecule has 0 fully saturated rings. The first-order valence-corrected chi connectivity index (χ1v) is 7.82. The van der Waals surface area contributed by atoms with Gasteiger partial charge in [-0.3, -0.25) is 14.5 Å². The highest BCUT2D eigenvalue weighted by Crippen LogP contribution is 2.09. The minimum absolute atomic E-state index is 0.0535. The Morgan fingerprint density at radius 2 is 2.00 bits per heavy atom. The highest BCUT2D eigenvalue weighted by Gasteiger charge is 2.17. The Morgan fingerprint density at radius 3 is 2.60 bits per heavy atom. The SMILES string of the molecule is CCOC(=O)CN(CC(=O)Nc1cc(C)on1)Cc1ccc(F)cc1. The number of carbonyl (C=O) groups excluding carboxylic acids is 2. The zero-order valence-corrected chi connectivity index (χ0v) is 14.1. The molecule has 2 rings (SSSR count). The van der Waals surface area contributed by atoms with Crippen LogP contribution in [0.25, 0.3) is 0 Å². The van der Waals surface area contributed by atoms with Gasteiger partial charge in [-0.2, -0.15) is 0 Å². The molecule has 0 spiro atoms. The van der Waals surface area contributed by atoms with Crippen molar-refractivity contribution in [3.63, 3.8) is 0 Å². The van der Waals surface area contributed by atoms with Crippen LogP contribution in [0.1, 0.15) is 18.2 Å². The number of anilines is 1. The maximum atomic E-state index is 13.0. The van der Waals surface area contributed by atoms with Crippen molar-refractivity contribution in [1.82, 2.24) is 10.1 Å². The molecule has 0 radical (unpaired) electrons. The first-order chi connectivity index (χ1) is 12.0. The Balaban J connectivity index is 2.00. The Labute approximate surface area is 144 Å². The lowest BCUT2D eigenvalue weighted by Gasteiger charge is -2.20. The zero-order chi connectivity index (χ0) is 18.2. The molecule has 0 atom stereocenters. The number of nitrogens with one attached hydrogen (secondary N) is 1. The van der Waals surface area contributed by atoms with Gasteiger partial charge in [-0.1, -0.05) is 17.3 Å². The molecule has 25 heavy (non-hydrogen) atoms. The Morgan fingerprint density at radius 1 is 1.28 bits per heavy atom. The van der Waals surface area contributed by atoms with E-state index in [4.69, 9.17) is 9.26 Å². The van der Waals surface area contributed by atoms with Crippen molar-refractivity contribution in [2.75, 3.05) is 25.0 Å². The number of nitrogens with zero attached hydrogens (tertiary/aromatic N) is 2. The molecule has 7 nitrogen and oxygen atoms in total. The van der Waals surface area contributed by atoms with Crippen LogP contribution in [0.4, 0.5) is 10.2 Å². The summed E-state index contributed by atoms with van der Waals surface area (Å²) in [5, 5.41) is 6.28. The van der Waals surface area contributed by atoms with Gasteiger partial charge in [0.05, 0.1) is 19.7 Å². The number of aromatic nitrogens is 1. The summed E-state index contributed by atoms with van der Waals surface area (Å²) in [5.41, 5.74) is 0.774. The van der Waals surface area contributed by atoms with Crippen LogP contribution >= 0.6 is 0 Å². The summed E-state index contributed by atoms with van der Waals surface area (Å²) in [4.78, 5) is 25.5. The van der Waals surface area contributed by atoms with E-state index in [-0.39, 0.29) is 31.4 Å². The maximum Gasteiger partial charge on any atom is 0.320 e. The highest BCUT2D eigenvalue weighted by atomic mass is 19.1. The predicted octanol–water partition coefficient (Wildman–Crippen LogP) is 2.13. The molecule has 0 aliphatic rings. The second kappa shape index (κ2) is 8.93. The van der Waals surface area contributed by atoms with Gasteiger partial charge >= 0.3 is 5.97 Å². The number of carbonyl (C=O) groups is 2. The Bertz CT molecular complexity index is 715. The third-order valence-electron chi connectivity index (χ3n) is 3.24. The molecule has 1 aromatic heterocycles. The number of hydrogen-bond donors (Lipinski definition) is 1. The molecule has 8 heteroatoms. The zero-order valence-electron chi connectivity index (χ0n) is 14.1. The number of aryl methyl sites for hydroxylation is 1. The van der Waals surface area contributed by atoms with Gasteiger partial charge < -0.3 is 14.6 Å². The number of ether oxygens (including phenoxy) is 1. The van der Waals surface area contributed by atoms with Crippen LogP contribution in [0.2, 0.25) is 0 Å². The average Bonchev–Trinajstić information content (AvgIpc) is 2.94. The third kappa shape index (κ3) is 6.34. The molecule has 0 saturated heterocycles. The summed E-state index contributed by atoms with van der Waals surface area (Å²) < 4.78 is 22.8. The van der Waals surface area contributed by atoms with Gasteiger partial charge in [0.25, 0.3) is 0 Å². The van der Waals surface area contributed by atoms with Gasteiger partial charge in [-0.25, -0.2) is 4.39 Å². The molecule has 1 amide bonds. The average molecular weight is 349 g/mol. The van der Waals surface area contributed by atoms with Gasteiger partial charge in [-0.15, -0.1) is 0 Å². The summed E-state index contributed by atoms with van der Waals surface area (Å²) in [7, 11) is 0. The van der Waals surface area contributed by atoms with E-state index in [1.165, 1.54) is 12.1 Å². The normalized spacial score (nSPS) is 10.7. The summed E-state index contributed by atoms with van der Waals surface area (Å²) >= 11 is 0. The van der Waals surface area contributed by atoms with E-state index in [0.717, 1.165) is 5.56 Å². The molecule has 0 aliphatic carbocycles. The van der Waals surface area contributed by atoms with Crippen molar-refractivity contribution in [2.24, 2.45) is 0 Å². The molecular weight excluding hydrogens is 329 g/mol. The van der Waals surface area contributed by atoms with Gasteiger partial charge in [0.1, 0.15) is 11.6 Å². The standard InChI is InChI=1S/C17H20FN3O4/c1-3-24-17(23)11-21(9-13-4-6-14(18)7-5-13)10-16(22)19-15-8-12(2)25-20-15/h4-8H,3,9-11H2,1-2H3,(H,19,20,22). The molecule has 0 bridgehead atoms. The van der Waals surface area contributed by atoms with Crippen LogP contribution in [-0.4, -0.2) is 41.6 Å². The lowest BCUT2D eigenvalue weighted by atomic mass is 10.2. The number of amides is 1. The van der Waals surface area contributed by atoms with E-state index in [1.807, 2.05) is 0 Å². The molecule has 0 aliphatic heterocycles. The first kappa shape index (κ1) is 18.6.